The number of halogens is 6. The maximum absolute atomic E-state index is 15.0. The molecule has 2 unspecified atom stereocenters. The van der Waals surface area contributed by atoms with Crippen molar-refractivity contribution in [1.29, 1.82) is 0 Å². The van der Waals surface area contributed by atoms with Crippen molar-refractivity contribution < 1.29 is 35.8 Å². The van der Waals surface area contributed by atoms with E-state index >= 15 is 0 Å². The summed E-state index contributed by atoms with van der Waals surface area (Å²) in [6, 6.07) is 10.2. The van der Waals surface area contributed by atoms with Crippen molar-refractivity contribution in [2.75, 3.05) is 6.61 Å². The fourth-order valence-corrected chi connectivity index (χ4v) is 4.32. The fraction of sp³-hybridized carbons (Fsp3) is 0.280. The lowest BCUT2D eigenvalue weighted by atomic mass is 9.95. The summed E-state index contributed by atoms with van der Waals surface area (Å²) in [7, 11) is 2.24. The molecule has 0 amide bonds. The molecule has 34 heavy (non-hydrogen) atoms. The van der Waals surface area contributed by atoms with Crippen LogP contribution in [0.25, 0.3) is 11.1 Å². The summed E-state index contributed by atoms with van der Waals surface area (Å²) in [5.74, 6) is -7.44. The highest BCUT2D eigenvalue weighted by Gasteiger charge is 2.40. The zero-order chi connectivity index (χ0) is 24.5. The van der Waals surface area contributed by atoms with E-state index in [1.165, 1.54) is 6.07 Å². The summed E-state index contributed by atoms with van der Waals surface area (Å²) in [6.45, 7) is 0.699. The molecule has 0 bridgehead atoms. The van der Waals surface area contributed by atoms with Crippen LogP contribution in [0.1, 0.15) is 42.1 Å². The maximum atomic E-state index is 15.0. The lowest BCUT2D eigenvalue weighted by Gasteiger charge is -2.23. The zero-order valence-corrected chi connectivity index (χ0v) is 19.0. The molecule has 0 aromatic heterocycles. The minimum absolute atomic E-state index is 0.00138. The Morgan fingerprint density at radius 2 is 1.56 bits per heavy atom. The molecule has 9 heteroatoms. The molecule has 1 aliphatic heterocycles. The number of alkyl halides is 2. The molecule has 4 rings (SSSR count). The lowest BCUT2D eigenvalue weighted by Crippen LogP contribution is -2.25. The second kappa shape index (κ2) is 9.96. The maximum Gasteiger partial charge on any atom is 0.429 e. The molecule has 0 aliphatic carbocycles. The molecular formula is C25H21F6O2P. The Morgan fingerprint density at radius 1 is 0.882 bits per heavy atom. The molecule has 1 aliphatic rings. The van der Waals surface area contributed by atoms with Crippen LogP contribution >= 0.6 is 9.24 Å². The Hall–Kier alpha value is -2.57. The summed E-state index contributed by atoms with van der Waals surface area (Å²) in [6.07, 6.45) is -1.30. The second-order valence-corrected chi connectivity index (χ2v) is 8.40. The highest BCUT2D eigenvalue weighted by Crippen LogP contribution is 2.39. The Kier molecular flexibility index (Phi) is 7.20. The van der Waals surface area contributed by atoms with Crippen LogP contribution in [0.3, 0.4) is 0 Å². The largest absolute Gasteiger partial charge is 0.429 e. The van der Waals surface area contributed by atoms with Gasteiger partial charge >= 0.3 is 6.11 Å². The Morgan fingerprint density at radius 3 is 2.15 bits per heavy atom. The van der Waals surface area contributed by atoms with Gasteiger partial charge in [-0.25, -0.2) is 17.6 Å². The average Bonchev–Trinajstić information content (AvgIpc) is 2.82. The van der Waals surface area contributed by atoms with Gasteiger partial charge in [-0.2, -0.15) is 8.78 Å². The van der Waals surface area contributed by atoms with Gasteiger partial charge in [0.1, 0.15) is 17.1 Å². The minimum atomic E-state index is -4.27. The molecule has 180 valence electrons. The molecule has 1 heterocycles. The minimum Gasteiger partial charge on any atom is -0.429 e. The van der Waals surface area contributed by atoms with Crippen molar-refractivity contribution in [1.82, 2.24) is 0 Å². The number of ether oxygens (including phenoxy) is 2. The number of benzene rings is 3. The van der Waals surface area contributed by atoms with Gasteiger partial charge in [0.2, 0.25) is 0 Å². The van der Waals surface area contributed by atoms with E-state index in [9.17, 15) is 26.3 Å². The topological polar surface area (TPSA) is 18.5 Å². The van der Waals surface area contributed by atoms with E-state index in [0.29, 0.717) is 17.7 Å². The summed E-state index contributed by atoms with van der Waals surface area (Å²) in [5.41, 5.74) is 0.850. The van der Waals surface area contributed by atoms with Gasteiger partial charge in [0, 0.05) is 18.7 Å². The summed E-state index contributed by atoms with van der Waals surface area (Å²) < 4.78 is 94.8. The van der Waals surface area contributed by atoms with E-state index in [1.807, 2.05) is 12.1 Å². The molecule has 3 aromatic rings. The molecule has 0 spiro atoms. The van der Waals surface area contributed by atoms with E-state index in [0.717, 1.165) is 30.9 Å². The monoisotopic (exact) mass is 498 g/mol. The van der Waals surface area contributed by atoms with Gasteiger partial charge in [-0.1, -0.05) is 24.3 Å². The Balaban J connectivity index is 1.64. The van der Waals surface area contributed by atoms with Crippen molar-refractivity contribution in [3.05, 3.63) is 88.5 Å². The fourth-order valence-electron chi connectivity index (χ4n) is 4.00. The highest BCUT2D eigenvalue weighted by molar-refractivity contribution is 7.15. The first-order chi connectivity index (χ1) is 16.2. The number of hydrogen-bond acceptors (Lipinski definition) is 2. The van der Waals surface area contributed by atoms with Gasteiger partial charge in [-0.3, -0.25) is 0 Å². The van der Waals surface area contributed by atoms with E-state index in [-0.39, 0.29) is 30.0 Å². The van der Waals surface area contributed by atoms with Crippen LogP contribution in [0.2, 0.25) is 0 Å². The first-order valence-corrected chi connectivity index (χ1v) is 11.5. The summed E-state index contributed by atoms with van der Waals surface area (Å²) in [5, 5.41) is 0. The Labute approximate surface area is 195 Å². The molecule has 0 saturated carbocycles. The van der Waals surface area contributed by atoms with Crippen LogP contribution in [0, 0.1) is 23.3 Å². The zero-order valence-electron chi connectivity index (χ0n) is 17.9. The van der Waals surface area contributed by atoms with Gasteiger partial charge < -0.3 is 9.47 Å². The van der Waals surface area contributed by atoms with Crippen molar-refractivity contribution >= 4 is 9.24 Å². The van der Waals surface area contributed by atoms with Crippen molar-refractivity contribution in [3.63, 3.8) is 0 Å². The van der Waals surface area contributed by atoms with Crippen LogP contribution in [-0.4, -0.2) is 6.61 Å². The van der Waals surface area contributed by atoms with Gasteiger partial charge in [0.15, 0.2) is 17.5 Å². The van der Waals surface area contributed by atoms with Gasteiger partial charge in [0.05, 0.1) is 6.10 Å². The van der Waals surface area contributed by atoms with Crippen LogP contribution in [0.4, 0.5) is 26.3 Å². The smallest absolute Gasteiger partial charge is 0.429 e. The molecule has 0 N–H and O–H groups in total. The molecule has 3 aromatic carbocycles. The third-order valence-electron chi connectivity index (χ3n) is 5.68. The normalized spacial score (nSPS) is 16.5. The van der Waals surface area contributed by atoms with Gasteiger partial charge in [-0.15, -0.1) is 9.24 Å². The van der Waals surface area contributed by atoms with Gasteiger partial charge in [0.25, 0.3) is 0 Å². The molecule has 1 saturated heterocycles. The third-order valence-corrected chi connectivity index (χ3v) is 6.12. The van der Waals surface area contributed by atoms with Crippen LogP contribution in [0.5, 0.6) is 5.75 Å². The predicted molar refractivity (Wildman–Crippen MR) is 119 cm³/mol. The predicted octanol–water partition coefficient (Wildman–Crippen LogP) is 7.66. The molecule has 0 radical (unpaired) electrons. The quantitative estimate of drug-likeness (QED) is 0.197. The summed E-state index contributed by atoms with van der Waals surface area (Å²) in [4.78, 5) is 0. The molecular weight excluding hydrogens is 477 g/mol. The van der Waals surface area contributed by atoms with E-state index < -0.39 is 40.7 Å². The van der Waals surface area contributed by atoms with Crippen LogP contribution in [0.15, 0.2) is 48.5 Å². The number of hydrogen-bond donors (Lipinski definition) is 0. The lowest BCUT2D eigenvalue weighted by molar-refractivity contribution is -0.188. The van der Waals surface area contributed by atoms with Crippen molar-refractivity contribution in [2.24, 2.45) is 0 Å². The number of rotatable bonds is 6. The Bertz CT molecular complexity index is 1150. The highest BCUT2D eigenvalue weighted by atomic mass is 31.0. The molecule has 2 nitrogen and oxygen atoms in total. The van der Waals surface area contributed by atoms with Crippen LogP contribution < -0.4 is 4.74 Å². The van der Waals surface area contributed by atoms with E-state index in [4.69, 9.17) is 4.74 Å². The SMILES string of the molecule is Fc1cc(OC(F)(F)c2c(F)cc(-c3ccc(C4CCCCO4)cc3)cc2CP)cc(F)c1F. The summed E-state index contributed by atoms with van der Waals surface area (Å²) >= 11 is 0. The van der Waals surface area contributed by atoms with Crippen molar-refractivity contribution in [3.8, 4) is 16.9 Å². The third kappa shape index (κ3) is 5.08. The van der Waals surface area contributed by atoms with Crippen LogP contribution in [-0.2, 0) is 17.0 Å². The van der Waals surface area contributed by atoms with E-state index in [1.54, 1.807) is 12.1 Å². The van der Waals surface area contributed by atoms with Gasteiger partial charge in [-0.05, 0) is 59.8 Å². The molecule has 1 fully saturated rings. The second-order valence-electron chi connectivity index (χ2n) is 7.99. The average molecular weight is 498 g/mol. The van der Waals surface area contributed by atoms with E-state index in [2.05, 4.69) is 14.0 Å². The molecule has 2 atom stereocenters. The van der Waals surface area contributed by atoms with Crippen molar-refractivity contribution in [2.45, 2.75) is 37.6 Å². The standard InChI is InChI=1S/C25H21F6O2P/c26-19-10-16(14-4-6-15(7-5-14)22-3-1-2-8-32-22)9-17(13-34)23(19)25(30,31)33-18-11-20(27)24(29)21(28)12-18/h4-7,9-12,22H,1-3,8,13,34H2. The first-order valence-electron chi connectivity index (χ1n) is 10.7. The first kappa shape index (κ1) is 24.6.